The molecule has 0 aliphatic carbocycles. The van der Waals surface area contributed by atoms with E-state index in [-0.39, 0.29) is 13.0 Å². The predicted molar refractivity (Wildman–Crippen MR) is 100 cm³/mol. The minimum absolute atomic E-state index is 0.0319. The van der Waals surface area contributed by atoms with Crippen LogP contribution >= 0.6 is 11.3 Å². The normalized spacial score (nSPS) is 21.2. The number of hydrogen-bond donors (Lipinski definition) is 2. The van der Waals surface area contributed by atoms with Gasteiger partial charge >= 0.3 is 0 Å². The van der Waals surface area contributed by atoms with E-state index in [1.54, 1.807) is 12.1 Å². The van der Waals surface area contributed by atoms with E-state index in [4.69, 9.17) is 10.5 Å². The number of ether oxygens (including phenoxy) is 1. The molecule has 27 heavy (non-hydrogen) atoms. The molecule has 0 saturated carbocycles. The van der Waals surface area contributed by atoms with Crippen molar-refractivity contribution in [2.75, 3.05) is 19.7 Å². The van der Waals surface area contributed by atoms with Gasteiger partial charge in [0, 0.05) is 29.8 Å². The molecule has 0 radical (unpaired) electrons. The standard InChI is InChI=1S/C19H21FN4O2S/c1-12-10-27-17(24-12)14-4-3-13(16(20)8-14)7-15(9-21)19(18(22)25)11-23-5-2-6-26-19/h3-4,8,10,15,23H,2,5-7,11H2,1H3,(H2,22,25)/t15-,19?/m0/s1. The van der Waals surface area contributed by atoms with Crippen molar-refractivity contribution >= 4 is 17.2 Å². The second-order valence-corrected chi connectivity index (χ2v) is 7.48. The number of aryl methyl sites for hydroxylation is 1. The van der Waals surface area contributed by atoms with E-state index in [0.29, 0.717) is 30.7 Å². The molecule has 1 aromatic carbocycles. The number of primary amides is 1. The molecule has 1 unspecified atom stereocenters. The Labute approximate surface area is 161 Å². The summed E-state index contributed by atoms with van der Waals surface area (Å²) in [6.45, 7) is 3.01. The van der Waals surface area contributed by atoms with Gasteiger partial charge < -0.3 is 15.8 Å². The zero-order valence-corrected chi connectivity index (χ0v) is 15.8. The van der Waals surface area contributed by atoms with Gasteiger partial charge in [0.2, 0.25) is 0 Å². The van der Waals surface area contributed by atoms with E-state index in [2.05, 4.69) is 16.4 Å². The van der Waals surface area contributed by atoms with Crippen molar-refractivity contribution in [1.82, 2.24) is 10.3 Å². The maximum atomic E-state index is 14.7. The number of rotatable bonds is 5. The van der Waals surface area contributed by atoms with Crippen molar-refractivity contribution in [2.45, 2.75) is 25.4 Å². The minimum Gasteiger partial charge on any atom is -0.367 e. The van der Waals surface area contributed by atoms with Crippen molar-refractivity contribution in [3.8, 4) is 16.6 Å². The van der Waals surface area contributed by atoms with Gasteiger partial charge in [-0.15, -0.1) is 11.3 Å². The average Bonchev–Trinajstić information content (AvgIpc) is 2.92. The smallest absolute Gasteiger partial charge is 0.252 e. The monoisotopic (exact) mass is 388 g/mol. The fourth-order valence-corrected chi connectivity index (χ4v) is 3.99. The van der Waals surface area contributed by atoms with E-state index in [0.717, 1.165) is 10.7 Å². The van der Waals surface area contributed by atoms with Crippen molar-refractivity contribution in [3.63, 3.8) is 0 Å². The van der Waals surface area contributed by atoms with Crippen LogP contribution in [0.5, 0.6) is 0 Å². The highest BCUT2D eigenvalue weighted by molar-refractivity contribution is 7.13. The van der Waals surface area contributed by atoms with E-state index in [9.17, 15) is 14.4 Å². The van der Waals surface area contributed by atoms with Crippen molar-refractivity contribution in [1.29, 1.82) is 5.26 Å². The number of carbonyl (C=O) groups is 1. The van der Waals surface area contributed by atoms with Crippen LogP contribution in [0, 0.1) is 30.0 Å². The van der Waals surface area contributed by atoms with Crippen molar-refractivity contribution < 1.29 is 13.9 Å². The first-order chi connectivity index (χ1) is 13.0. The zero-order valence-electron chi connectivity index (χ0n) is 15.0. The van der Waals surface area contributed by atoms with Gasteiger partial charge in [0.15, 0.2) is 5.60 Å². The highest BCUT2D eigenvalue weighted by atomic mass is 32.1. The first-order valence-electron chi connectivity index (χ1n) is 8.71. The lowest BCUT2D eigenvalue weighted by molar-refractivity contribution is -0.147. The molecule has 1 aromatic heterocycles. The summed E-state index contributed by atoms with van der Waals surface area (Å²) in [6, 6.07) is 6.91. The minimum atomic E-state index is -1.47. The Hall–Kier alpha value is -2.34. The molecular formula is C19H21FN4O2S. The van der Waals surface area contributed by atoms with Crippen LogP contribution in [0.4, 0.5) is 4.39 Å². The number of amides is 1. The average molecular weight is 388 g/mol. The largest absolute Gasteiger partial charge is 0.367 e. The van der Waals surface area contributed by atoms with Gasteiger partial charge in [-0.25, -0.2) is 9.37 Å². The molecule has 2 atom stereocenters. The third kappa shape index (κ3) is 4.00. The van der Waals surface area contributed by atoms with E-state index in [1.165, 1.54) is 17.4 Å². The molecule has 2 aromatic rings. The summed E-state index contributed by atoms with van der Waals surface area (Å²) in [5, 5.41) is 15.4. The molecular weight excluding hydrogens is 367 g/mol. The summed E-state index contributed by atoms with van der Waals surface area (Å²) in [6.07, 6.45) is 0.744. The highest BCUT2D eigenvalue weighted by Crippen LogP contribution is 2.30. The quantitative estimate of drug-likeness (QED) is 0.818. The molecule has 8 heteroatoms. The number of benzene rings is 1. The van der Waals surface area contributed by atoms with Gasteiger partial charge in [-0.05, 0) is 37.9 Å². The van der Waals surface area contributed by atoms with Gasteiger partial charge in [-0.3, -0.25) is 4.79 Å². The fraction of sp³-hybridized carbons (Fsp3) is 0.421. The third-order valence-corrected chi connectivity index (χ3v) is 5.73. The summed E-state index contributed by atoms with van der Waals surface area (Å²) in [5.74, 6) is -2.05. The van der Waals surface area contributed by atoms with Crippen LogP contribution in [0.3, 0.4) is 0 Å². The van der Waals surface area contributed by atoms with Crippen LogP contribution in [0.15, 0.2) is 23.6 Å². The second-order valence-electron chi connectivity index (χ2n) is 6.62. The number of carbonyl (C=O) groups excluding carboxylic acids is 1. The van der Waals surface area contributed by atoms with Gasteiger partial charge in [0.1, 0.15) is 10.8 Å². The Kier molecular flexibility index (Phi) is 5.85. The Bertz CT molecular complexity index is 869. The molecule has 1 aliphatic rings. The van der Waals surface area contributed by atoms with E-state index < -0.39 is 23.2 Å². The number of thiazole rings is 1. The number of nitrogens with zero attached hydrogens (tertiary/aromatic N) is 2. The first-order valence-corrected chi connectivity index (χ1v) is 9.59. The molecule has 1 amide bonds. The first kappa shape index (κ1) is 19.4. The molecule has 142 valence electrons. The molecule has 1 saturated heterocycles. The van der Waals surface area contributed by atoms with Gasteiger partial charge in [-0.1, -0.05) is 12.1 Å². The maximum absolute atomic E-state index is 14.7. The molecule has 0 bridgehead atoms. The van der Waals surface area contributed by atoms with Gasteiger partial charge in [0.05, 0.1) is 12.0 Å². The Morgan fingerprint density at radius 1 is 1.59 bits per heavy atom. The molecule has 1 fully saturated rings. The lowest BCUT2D eigenvalue weighted by Crippen LogP contribution is -2.57. The number of aromatic nitrogens is 1. The number of halogens is 1. The second kappa shape index (κ2) is 8.13. The lowest BCUT2D eigenvalue weighted by Gasteiger charge is -2.33. The Morgan fingerprint density at radius 2 is 2.41 bits per heavy atom. The number of nitrogens with one attached hydrogen (secondary N) is 1. The van der Waals surface area contributed by atoms with Crippen molar-refractivity contribution in [3.05, 3.63) is 40.7 Å². The number of hydrogen-bond acceptors (Lipinski definition) is 6. The van der Waals surface area contributed by atoms with Crippen LogP contribution in [0.1, 0.15) is 17.7 Å². The summed E-state index contributed by atoms with van der Waals surface area (Å²) in [5.41, 5.74) is 6.02. The zero-order chi connectivity index (χ0) is 19.4. The predicted octanol–water partition coefficient (Wildman–Crippen LogP) is 2.17. The number of nitriles is 1. The molecule has 0 spiro atoms. The molecule has 6 nitrogen and oxygen atoms in total. The Balaban J connectivity index is 1.87. The van der Waals surface area contributed by atoms with Crippen molar-refractivity contribution in [2.24, 2.45) is 11.7 Å². The fourth-order valence-electron chi connectivity index (χ4n) is 3.20. The Morgan fingerprint density at radius 3 is 3.04 bits per heavy atom. The maximum Gasteiger partial charge on any atom is 0.252 e. The SMILES string of the molecule is Cc1csc(-c2ccc(C[C@@H](C#N)C3(C(N)=O)CNCCCO3)c(F)c2)n1. The molecule has 2 heterocycles. The summed E-state index contributed by atoms with van der Waals surface area (Å²) < 4.78 is 20.4. The summed E-state index contributed by atoms with van der Waals surface area (Å²) >= 11 is 1.44. The highest BCUT2D eigenvalue weighted by Gasteiger charge is 2.46. The third-order valence-electron chi connectivity index (χ3n) is 4.72. The van der Waals surface area contributed by atoms with Crippen LogP contribution in [0.25, 0.3) is 10.6 Å². The van der Waals surface area contributed by atoms with Gasteiger partial charge in [-0.2, -0.15) is 5.26 Å². The summed E-state index contributed by atoms with van der Waals surface area (Å²) in [4.78, 5) is 16.5. The molecule has 1 aliphatic heterocycles. The topological polar surface area (TPSA) is 101 Å². The van der Waals surface area contributed by atoms with E-state index in [1.807, 2.05) is 12.3 Å². The van der Waals surface area contributed by atoms with Crippen LogP contribution in [0.2, 0.25) is 0 Å². The lowest BCUT2D eigenvalue weighted by atomic mass is 9.82. The molecule has 3 N–H and O–H groups in total. The number of nitrogens with two attached hydrogens (primary N) is 1. The van der Waals surface area contributed by atoms with Crippen LogP contribution < -0.4 is 11.1 Å². The van der Waals surface area contributed by atoms with Crippen LogP contribution in [-0.2, 0) is 16.0 Å². The summed E-state index contributed by atoms with van der Waals surface area (Å²) in [7, 11) is 0. The van der Waals surface area contributed by atoms with E-state index >= 15 is 0 Å². The van der Waals surface area contributed by atoms with Gasteiger partial charge in [0.25, 0.3) is 5.91 Å². The molecule has 3 rings (SSSR count). The van der Waals surface area contributed by atoms with Crippen LogP contribution in [-0.4, -0.2) is 36.2 Å².